The van der Waals surface area contributed by atoms with Gasteiger partial charge in [-0.25, -0.2) is 0 Å². The lowest BCUT2D eigenvalue weighted by Crippen LogP contribution is -2.47. The molecular weight excluding hydrogens is 250 g/mol. The average Bonchev–Trinajstić information content (AvgIpc) is 2.44. The van der Waals surface area contributed by atoms with Crippen LogP contribution in [0.1, 0.15) is 39.7 Å². The molecule has 0 aliphatic heterocycles. The van der Waals surface area contributed by atoms with Crippen molar-refractivity contribution < 1.29 is 4.79 Å². The smallest absolute Gasteiger partial charge is 0.239 e. The highest BCUT2D eigenvalue weighted by Crippen LogP contribution is 2.15. The van der Waals surface area contributed by atoms with Crippen molar-refractivity contribution in [1.29, 1.82) is 0 Å². The van der Waals surface area contributed by atoms with Crippen molar-refractivity contribution in [2.24, 2.45) is 5.73 Å². The average molecular weight is 277 g/mol. The second-order valence-corrected chi connectivity index (χ2v) is 5.67. The van der Waals surface area contributed by atoms with E-state index < -0.39 is 0 Å². The summed E-state index contributed by atoms with van der Waals surface area (Å²) < 4.78 is 0. The Bertz CT molecular complexity index is 426. The first-order valence-electron chi connectivity index (χ1n) is 7.26. The second-order valence-electron chi connectivity index (χ2n) is 5.67. The molecule has 1 amide bonds. The summed E-state index contributed by atoms with van der Waals surface area (Å²) in [4.78, 5) is 14.2. The van der Waals surface area contributed by atoms with Crippen LogP contribution in [0.25, 0.3) is 0 Å². The Labute approximate surface area is 122 Å². The van der Waals surface area contributed by atoms with Crippen molar-refractivity contribution in [3.8, 4) is 0 Å². The number of hydrogen-bond acceptors (Lipinski definition) is 3. The van der Waals surface area contributed by atoms with Gasteiger partial charge in [0, 0.05) is 24.3 Å². The summed E-state index contributed by atoms with van der Waals surface area (Å²) in [7, 11) is 0. The first-order chi connectivity index (χ1) is 9.41. The van der Waals surface area contributed by atoms with Crippen molar-refractivity contribution in [1.82, 2.24) is 5.32 Å². The van der Waals surface area contributed by atoms with E-state index in [4.69, 9.17) is 5.73 Å². The van der Waals surface area contributed by atoms with Crippen LogP contribution in [-0.2, 0) is 11.3 Å². The maximum atomic E-state index is 12.1. The zero-order valence-electron chi connectivity index (χ0n) is 13.1. The van der Waals surface area contributed by atoms with Crippen molar-refractivity contribution in [2.75, 3.05) is 18.0 Å². The molecule has 20 heavy (non-hydrogen) atoms. The third kappa shape index (κ3) is 4.85. The molecule has 112 valence electrons. The third-order valence-corrected chi connectivity index (χ3v) is 3.62. The Morgan fingerprint density at radius 2 is 1.85 bits per heavy atom. The van der Waals surface area contributed by atoms with Crippen molar-refractivity contribution in [2.45, 2.75) is 46.2 Å². The maximum absolute atomic E-state index is 12.1. The highest BCUT2D eigenvalue weighted by Gasteiger charge is 2.19. The summed E-state index contributed by atoms with van der Waals surface area (Å²) in [6.07, 6.45) is 0.913. The lowest BCUT2D eigenvalue weighted by atomic mass is 10.0. The molecule has 1 aromatic rings. The van der Waals surface area contributed by atoms with Gasteiger partial charge in [0.1, 0.15) is 0 Å². The largest absolute Gasteiger partial charge is 0.363 e. The summed E-state index contributed by atoms with van der Waals surface area (Å²) >= 11 is 0. The van der Waals surface area contributed by atoms with E-state index in [-0.39, 0.29) is 11.4 Å². The zero-order valence-corrected chi connectivity index (χ0v) is 13.1. The van der Waals surface area contributed by atoms with Crippen LogP contribution >= 0.6 is 0 Å². The minimum absolute atomic E-state index is 0.0570. The number of carbonyl (C=O) groups is 1. The number of amides is 1. The maximum Gasteiger partial charge on any atom is 0.239 e. The van der Waals surface area contributed by atoms with E-state index in [1.165, 1.54) is 0 Å². The first-order valence-corrected chi connectivity index (χ1v) is 7.26. The minimum Gasteiger partial charge on any atom is -0.363 e. The van der Waals surface area contributed by atoms with Crippen LogP contribution in [0.2, 0.25) is 0 Å². The summed E-state index contributed by atoms with van der Waals surface area (Å²) in [6, 6.07) is 8.05. The summed E-state index contributed by atoms with van der Waals surface area (Å²) in [6.45, 7) is 9.91. The van der Waals surface area contributed by atoms with E-state index in [0.717, 1.165) is 24.2 Å². The number of benzene rings is 1. The van der Waals surface area contributed by atoms with E-state index in [1.54, 1.807) is 0 Å². The predicted octanol–water partition coefficient (Wildman–Crippen LogP) is 2.28. The summed E-state index contributed by atoms with van der Waals surface area (Å²) in [5, 5.41) is 3.06. The molecule has 0 saturated carbocycles. The number of carbonyl (C=O) groups excluding carboxylic acids is 1. The van der Waals surface area contributed by atoms with Crippen LogP contribution in [0.15, 0.2) is 24.3 Å². The molecule has 0 aliphatic rings. The summed E-state index contributed by atoms with van der Waals surface area (Å²) in [5.74, 6) is 0.0570. The molecule has 0 radical (unpaired) electrons. The van der Waals surface area contributed by atoms with Crippen LogP contribution < -0.4 is 16.0 Å². The number of anilines is 1. The number of rotatable bonds is 7. The Kier molecular flexibility index (Phi) is 6.02. The van der Waals surface area contributed by atoms with Crippen molar-refractivity contribution in [3.05, 3.63) is 29.8 Å². The topological polar surface area (TPSA) is 58.4 Å². The normalized spacial score (nSPS) is 11.2. The molecule has 1 rings (SSSR count). The Morgan fingerprint density at radius 3 is 2.30 bits per heavy atom. The van der Waals surface area contributed by atoms with E-state index in [0.29, 0.717) is 13.1 Å². The lowest BCUT2D eigenvalue weighted by molar-refractivity contribution is -0.121. The molecule has 0 heterocycles. The minimum atomic E-state index is -0.153. The van der Waals surface area contributed by atoms with E-state index in [1.807, 2.05) is 38.1 Å². The Morgan fingerprint density at radius 1 is 1.25 bits per heavy atom. The number of nitrogens with two attached hydrogens (primary N) is 1. The van der Waals surface area contributed by atoms with Crippen molar-refractivity contribution in [3.63, 3.8) is 0 Å². The van der Waals surface area contributed by atoms with Gasteiger partial charge in [-0.05, 0) is 44.9 Å². The van der Waals surface area contributed by atoms with Gasteiger partial charge in [-0.3, -0.25) is 4.79 Å². The highest BCUT2D eigenvalue weighted by atomic mass is 16.2. The van der Waals surface area contributed by atoms with Gasteiger partial charge in [0.05, 0.1) is 6.54 Å². The van der Waals surface area contributed by atoms with Crippen LogP contribution in [0, 0.1) is 0 Å². The molecule has 0 aromatic heterocycles. The molecule has 1 aromatic carbocycles. The van der Waals surface area contributed by atoms with Gasteiger partial charge in [-0.2, -0.15) is 0 Å². The van der Waals surface area contributed by atoms with E-state index >= 15 is 0 Å². The molecule has 0 bridgehead atoms. The fourth-order valence-corrected chi connectivity index (χ4v) is 1.91. The molecule has 4 nitrogen and oxygen atoms in total. The van der Waals surface area contributed by atoms with Gasteiger partial charge in [0.2, 0.25) is 5.91 Å². The van der Waals surface area contributed by atoms with Crippen molar-refractivity contribution >= 4 is 11.6 Å². The fourth-order valence-electron chi connectivity index (χ4n) is 1.91. The first kappa shape index (κ1) is 16.5. The number of nitrogens with zero attached hydrogens (tertiary/aromatic N) is 1. The number of likely N-dealkylation sites (N-methyl/N-ethyl adjacent to an activating group) is 1. The molecule has 0 unspecified atom stereocenters. The lowest BCUT2D eigenvalue weighted by Gasteiger charge is -2.28. The van der Waals surface area contributed by atoms with Gasteiger partial charge < -0.3 is 16.0 Å². The molecule has 0 spiro atoms. The van der Waals surface area contributed by atoms with Crippen LogP contribution in [0.5, 0.6) is 0 Å². The zero-order chi connectivity index (χ0) is 15.2. The fraction of sp³-hybridized carbons (Fsp3) is 0.562. The molecule has 0 saturated heterocycles. The standard InChI is InChI=1S/C16H27N3O/c1-5-16(3,4)18-15(20)12-19(6-2)14-9-7-13(11-17)8-10-14/h7-10H,5-6,11-12,17H2,1-4H3,(H,18,20). The van der Waals surface area contributed by atoms with Gasteiger partial charge in [-0.15, -0.1) is 0 Å². The van der Waals surface area contributed by atoms with Gasteiger partial charge >= 0.3 is 0 Å². The molecule has 3 N–H and O–H groups in total. The third-order valence-electron chi connectivity index (χ3n) is 3.62. The molecule has 0 atom stereocenters. The van der Waals surface area contributed by atoms with Gasteiger partial charge in [0.15, 0.2) is 0 Å². The predicted molar refractivity (Wildman–Crippen MR) is 84.7 cm³/mol. The molecule has 0 aliphatic carbocycles. The van der Waals surface area contributed by atoms with Crippen LogP contribution in [0.4, 0.5) is 5.69 Å². The molecule has 4 heteroatoms. The Balaban J connectivity index is 2.68. The van der Waals surface area contributed by atoms with E-state index in [9.17, 15) is 4.79 Å². The van der Waals surface area contributed by atoms with Crippen LogP contribution in [0.3, 0.4) is 0 Å². The SMILES string of the molecule is CCN(CC(=O)NC(C)(C)CC)c1ccc(CN)cc1. The van der Waals surface area contributed by atoms with Crippen LogP contribution in [-0.4, -0.2) is 24.5 Å². The highest BCUT2D eigenvalue weighted by molar-refractivity contribution is 5.82. The number of nitrogens with one attached hydrogen (secondary N) is 1. The molecular formula is C16H27N3O. The monoisotopic (exact) mass is 277 g/mol. The van der Waals surface area contributed by atoms with Gasteiger partial charge in [-0.1, -0.05) is 19.1 Å². The Hall–Kier alpha value is -1.55. The van der Waals surface area contributed by atoms with Gasteiger partial charge in [0.25, 0.3) is 0 Å². The van der Waals surface area contributed by atoms with E-state index in [2.05, 4.69) is 24.1 Å². The molecule has 0 fully saturated rings. The summed E-state index contributed by atoms with van der Waals surface area (Å²) in [5.41, 5.74) is 7.59. The second kappa shape index (κ2) is 7.29. The number of hydrogen-bond donors (Lipinski definition) is 2. The quantitative estimate of drug-likeness (QED) is 0.804.